The summed E-state index contributed by atoms with van der Waals surface area (Å²) in [5.74, 6) is 2.98. The molecule has 2 aliphatic heterocycles. The first kappa shape index (κ1) is 37.7. The Labute approximate surface area is 275 Å². The molecule has 2 unspecified atom stereocenters. The van der Waals surface area contributed by atoms with Gasteiger partial charge in [-0.1, -0.05) is 26.7 Å². The van der Waals surface area contributed by atoms with Crippen LogP contribution in [-0.2, 0) is 9.68 Å². The van der Waals surface area contributed by atoms with Crippen molar-refractivity contribution >= 4 is 17.8 Å². The number of piperidine rings is 2. The van der Waals surface area contributed by atoms with Crippen LogP contribution in [0.25, 0.3) is 0 Å². The summed E-state index contributed by atoms with van der Waals surface area (Å²) >= 11 is 0. The van der Waals surface area contributed by atoms with Crippen LogP contribution in [0.2, 0.25) is 0 Å². The molecule has 10 nitrogen and oxygen atoms in total. The van der Waals surface area contributed by atoms with Gasteiger partial charge in [0.25, 0.3) is 0 Å². The van der Waals surface area contributed by atoms with Gasteiger partial charge in [0, 0.05) is 47.3 Å². The minimum atomic E-state index is -0.0830. The molecule has 260 valence electrons. The van der Waals surface area contributed by atoms with Gasteiger partial charge in [-0.05, 0) is 120 Å². The lowest BCUT2D eigenvalue weighted by Gasteiger charge is -2.54. The largest absolute Gasteiger partial charge is 0.351 e. The predicted molar refractivity (Wildman–Crippen MR) is 187 cm³/mol. The molecule has 2 aliphatic rings. The maximum Gasteiger partial charge on any atom is 0.231 e. The van der Waals surface area contributed by atoms with E-state index in [1.807, 2.05) is 0 Å². The van der Waals surface area contributed by atoms with E-state index in [4.69, 9.17) is 24.6 Å². The zero-order valence-electron chi connectivity index (χ0n) is 31.4. The summed E-state index contributed by atoms with van der Waals surface area (Å²) in [5.41, 5.74) is -0.332. The zero-order chi connectivity index (χ0) is 33.8. The van der Waals surface area contributed by atoms with Crippen LogP contribution in [0.3, 0.4) is 0 Å². The molecule has 0 aliphatic carbocycles. The van der Waals surface area contributed by atoms with Crippen LogP contribution in [0.15, 0.2) is 0 Å². The van der Waals surface area contributed by atoms with E-state index in [2.05, 4.69) is 109 Å². The number of anilines is 3. The van der Waals surface area contributed by atoms with E-state index < -0.39 is 0 Å². The molecule has 1 aromatic heterocycles. The number of hydrogen-bond donors (Lipinski definition) is 2. The van der Waals surface area contributed by atoms with Crippen molar-refractivity contribution in [1.29, 1.82) is 0 Å². The van der Waals surface area contributed by atoms with Crippen LogP contribution < -0.4 is 15.5 Å². The Balaban J connectivity index is 1.97. The van der Waals surface area contributed by atoms with E-state index in [1.54, 1.807) is 14.2 Å². The third-order valence-electron chi connectivity index (χ3n) is 10.2. The van der Waals surface area contributed by atoms with Gasteiger partial charge < -0.3 is 25.2 Å². The molecule has 3 heterocycles. The van der Waals surface area contributed by atoms with Gasteiger partial charge in [0.1, 0.15) is 0 Å². The van der Waals surface area contributed by atoms with E-state index in [0.29, 0.717) is 23.7 Å². The molecule has 2 fully saturated rings. The number of nitrogens with zero attached hydrogens (tertiary/aromatic N) is 6. The lowest BCUT2D eigenvalue weighted by Crippen LogP contribution is -2.61. The van der Waals surface area contributed by atoms with Gasteiger partial charge in [0.2, 0.25) is 17.8 Å². The maximum absolute atomic E-state index is 5.91. The summed E-state index contributed by atoms with van der Waals surface area (Å²) < 4.78 is 0. The number of hydrogen-bond acceptors (Lipinski definition) is 10. The van der Waals surface area contributed by atoms with Gasteiger partial charge in [-0.3, -0.25) is 0 Å². The van der Waals surface area contributed by atoms with Crippen LogP contribution in [0.5, 0.6) is 0 Å². The standard InChI is InChI=1S/C35H68N8O2/c1-15-19-27(25-21-32(5,6)42(44-13)33(7,8)22-25)36-29-38-30(40-31(39-29)41(17-3)18-4)37-28(20-16-2)26-23-34(9,10)43(45-14)35(11,12)24-26/h25-28H,15-24H2,1-14H3,(H2,36,37,38,39,40). The third-order valence-corrected chi connectivity index (χ3v) is 10.2. The van der Waals surface area contributed by atoms with E-state index in [0.717, 1.165) is 70.4 Å². The average molecular weight is 633 g/mol. The van der Waals surface area contributed by atoms with Crippen LogP contribution in [0.4, 0.5) is 17.8 Å². The molecular weight excluding hydrogens is 564 g/mol. The SMILES string of the molecule is CCCC(Nc1nc(NC(CCC)C2CC(C)(C)N(OC)C(C)(C)C2)nc(N(CC)CC)n1)C1CC(C)(C)N(OC)C(C)(C)C1. The highest BCUT2D eigenvalue weighted by Crippen LogP contribution is 2.45. The molecule has 0 saturated carbocycles. The van der Waals surface area contributed by atoms with E-state index >= 15 is 0 Å². The maximum atomic E-state index is 5.91. The highest BCUT2D eigenvalue weighted by molar-refractivity contribution is 5.45. The molecule has 0 radical (unpaired) electrons. The predicted octanol–water partition coefficient (Wildman–Crippen LogP) is 7.54. The van der Waals surface area contributed by atoms with Gasteiger partial charge in [-0.25, -0.2) is 0 Å². The minimum absolute atomic E-state index is 0.0830. The lowest BCUT2D eigenvalue weighted by molar-refractivity contribution is -0.272. The summed E-state index contributed by atoms with van der Waals surface area (Å²) in [4.78, 5) is 29.2. The summed E-state index contributed by atoms with van der Waals surface area (Å²) in [5, 5.41) is 12.1. The average Bonchev–Trinajstić information content (AvgIpc) is 2.91. The fourth-order valence-electron chi connectivity index (χ4n) is 9.19. The molecule has 0 spiro atoms. The summed E-state index contributed by atoms with van der Waals surface area (Å²) in [6.45, 7) is 28.9. The van der Waals surface area contributed by atoms with Crippen LogP contribution in [0.1, 0.15) is 134 Å². The van der Waals surface area contributed by atoms with Crippen molar-refractivity contribution in [1.82, 2.24) is 25.1 Å². The van der Waals surface area contributed by atoms with Gasteiger partial charge in [0.05, 0.1) is 14.2 Å². The molecule has 2 atom stereocenters. The van der Waals surface area contributed by atoms with Crippen LogP contribution in [0, 0.1) is 11.8 Å². The van der Waals surface area contributed by atoms with Gasteiger partial charge in [-0.2, -0.15) is 25.1 Å². The minimum Gasteiger partial charge on any atom is -0.351 e. The van der Waals surface area contributed by atoms with Crippen LogP contribution >= 0.6 is 0 Å². The lowest BCUT2D eigenvalue weighted by atomic mass is 9.71. The van der Waals surface area contributed by atoms with Gasteiger partial charge in [-0.15, -0.1) is 0 Å². The Kier molecular flexibility index (Phi) is 12.6. The number of hydroxylamine groups is 4. The first-order chi connectivity index (χ1) is 21.0. The van der Waals surface area contributed by atoms with E-state index in [-0.39, 0.29) is 34.2 Å². The third kappa shape index (κ3) is 8.79. The molecular formula is C35H68N8O2. The Bertz CT molecular complexity index is 963. The fraction of sp³-hybridized carbons (Fsp3) is 0.914. The van der Waals surface area contributed by atoms with Gasteiger partial charge in [0.15, 0.2) is 0 Å². The number of rotatable bonds is 15. The van der Waals surface area contributed by atoms with Gasteiger partial charge >= 0.3 is 0 Å². The van der Waals surface area contributed by atoms with Crippen molar-refractivity contribution in [3.63, 3.8) is 0 Å². The summed E-state index contributed by atoms with van der Waals surface area (Å²) in [6, 6.07) is 0.498. The molecule has 3 rings (SSSR count). The molecule has 45 heavy (non-hydrogen) atoms. The fourth-order valence-corrected chi connectivity index (χ4v) is 9.19. The molecule has 0 bridgehead atoms. The molecule has 0 amide bonds. The quantitative estimate of drug-likeness (QED) is 0.202. The highest BCUT2D eigenvalue weighted by atomic mass is 16.7. The first-order valence-electron chi connectivity index (χ1n) is 17.7. The topological polar surface area (TPSA) is 90.9 Å². The highest BCUT2D eigenvalue weighted by Gasteiger charge is 2.49. The molecule has 1 aromatic rings. The number of nitrogens with one attached hydrogen (secondary N) is 2. The second-order valence-electron chi connectivity index (χ2n) is 16.1. The monoisotopic (exact) mass is 633 g/mol. The first-order valence-corrected chi connectivity index (χ1v) is 17.7. The van der Waals surface area contributed by atoms with Crippen LogP contribution in [-0.4, -0.2) is 86.6 Å². The van der Waals surface area contributed by atoms with Crippen molar-refractivity contribution in [3.05, 3.63) is 0 Å². The zero-order valence-corrected chi connectivity index (χ0v) is 31.4. The molecule has 2 N–H and O–H groups in total. The smallest absolute Gasteiger partial charge is 0.231 e. The van der Waals surface area contributed by atoms with Crippen molar-refractivity contribution in [2.75, 3.05) is 42.8 Å². The van der Waals surface area contributed by atoms with Crippen molar-refractivity contribution in [2.45, 2.75) is 169 Å². The number of aromatic nitrogens is 3. The second-order valence-corrected chi connectivity index (χ2v) is 16.1. The van der Waals surface area contributed by atoms with Crippen molar-refractivity contribution in [2.24, 2.45) is 11.8 Å². The van der Waals surface area contributed by atoms with Crippen molar-refractivity contribution < 1.29 is 9.68 Å². The summed E-state index contributed by atoms with van der Waals surface area (Å²) in [6.07, 6.45) is 8.42. The second kappa shape index (κ2) is 15.0. The summed E-state index contributed by atoms with van der Waals surface area (Å²) in [7, 11) is 3.60. The van der Waals surface area contributed by atoms with E-state index in [9.17, 15) is 0 Å². The molecule has 2 saturated heterocycles. The molecule has 10 heteroatoms. The Morgan fingerprint density at radius 1 is 0.644 bits per heavy atom. The van der Waals surface area contributed by atoms with E-state index in [1.165, 1.54) is 0 Å². The normalized spacial score (nSPS) is 23.4. The Morgan fingerprint density at radius 3 is 1.24 bits per heavy atom. The van der Waals surface area contributed by atoms with Crippen molar-refractivity contribution in [3.8, 4) is 0 Å². The molecule has 0 aromatic carbocycles. The Hall–Kier alpha value is -1.75. The Morgan fingerprint density at radius 2 is 0.978 bits per heavy atom.